The van der Waals surface area contributed by atoms with Crippen LogP contribution in [-0.4, -0.2) is 41.7 Å². The molecule has 0 aliphatic carbocycles. The molecule has 0 aromatic carbocycles. The molecule has 0 radical (unpaired) electrons. The van der Waals surface area contributed by atoms with Gasteiger partial charge in [-0.05, 0) is 18.4 Å². The van der Waals surface area contributed by atoms with Gasteiger partial charge in [-0.15, -0.1) is 0 Å². The number of aliphatic imine (C=N–C) groups is 1. The smallest absolute Gasteiger partial charge is 0.269 e. The van der Waals surface area contributed by atoms with Crippen molar-refractivity contribution >= 4 is 11.9 Å². The number of hydrogen-bond donors (Lipinski definition) is 4. The van der Waals surface area contributed by atoms with E-state index in [1.165, 1.54) is 6.20 Å². The molecule has 19 heavy (non-hydrogen) atoms. The number of H-pyrrole nitrogens is 1. The van der Waals surface area contributed by atoms with Gasteiger partial charge in [0.1, 0.15) is 5.69 Å². The Balaban J connectivity index is 2.11. The topological polar surface area (TPSA) is 108 Å². The van der Waals surface area contributed by atoms with Gasteiger partial charge in [-0.25, -0.2) is 0 Å². The van der Waals surface area contributed by atoms with Crippen LogP contribution in [-0.2, 0) is 0 Å². The van der Waals surface area contributed by atoms with E-state index < -0.39 is 0 Å². The summed E-state index contributed by atoms with van der Waals surface area (Å²) in [5.74, 6) is 0.844. The molecule has 7 heteroatoms. The van der Waals surface area contributed by atoms with Gasteiger partial charge in [0, 0.05) is 25.8 Å². The number of guanidine groups is 1. The summed E-state index contributed by atoms with van der Waals surface area (Å²) < 4.78 is 0. The maximum atomic E-state index is 11.5. The van der Waals surface area contributed by atoms with Gasteiger partial charge in [0.05, 0.1) is 0 Å². The first-order valence-corrected chi connectivity index (χ1v) is 6.41. The van der Waals surface area contributed by atoms with Gasteiger partial charge in [-0.3, -0.25) is 14.9 Å². The molecule has 1 heterocycles. The number of nitrogens with one attached hydrogen (secondary N) is 3. The first-order chi connectivity index (χ1) is 9.09. The van der Waals surface area contributed by atoms with Crippen LogP contribution >= 0.6 is 0 Å². The van der Waals surface area contributed by atoms with E-state index in [1.807, 2.05) is 0 Å². The van der Waals surface area contributed by atoms with E-state index in [4.69, 9.17) is 5.73 Å². The van der Waals surface area contributed by atoms with Crippen LogP contribution < -0.4 is 16.4 Å². The van der Waals surface area contributed by atoms with Crippen molar-refractivity contribution in [1.82, 2.24) is 20.8 Å². The fourth-order valence-corrected chi connectivity index (χ4v) is 1.34. The zero-order valence-electron chi connectivity index (χ0n) is 11.4. The number of hydrogen-bond acceptors (Lipinski definition) is 3. The summed E-state index contributed by atoms with van der Waals surface area (Å²) >= 11 is 0. The molecule has 0 fully saturated rings. The van der Waals surface area contributed by atoms with Gasteiger partial charge >= 0.3 is 0 Å². The molecule has 0 aliphatic rings. The minimum Gasteiger partial charge on any atom is -0.370 e. The highest BCUT2D eigenvalue weighted by molar-refractivity contribution is 5.92. The Hall–Kier alpha value is -2.05. The average molecular weight is 266 g/mol. The summed E-state index contributed by atoms with van der Waals surface area (Å²) in [5, 5.41) is 12.0. The van der Waals surface area contributed by atoms with E-state index in [-0.39, 0.29) is 5.91 Å². The Labute approximate surface area is 113 Å². The van der Waals surface area contributed by atoms with Crippen LogP contribution in [0.3, 0.4) is 0 Å². The van der Waals surface area contributed by atoms with E-state index in [1.54, 1.807) is 6.07 Å². The number of carbonyl (C=O) groups is 1. The first-order valence-electron chi connectivity index (χ1n) is 6.41. The van der Waals surface area contributed by atoms with E-state index in [0.29, 0.717) is 30.7 Å². The summed E-state index contributed by atoms with van der Waals surface area (Å²) in [6, 6.07) is 1.62. The Morgan fingerprint density at radius 1 is 1.47 bits per heavy atom. The molecule has 0 aliphatic heterocycles. The van der Waals surface area contributed by atoms with Crippen molar-refractivity contribution in [2.24, 2.45) is 16.6 Å². The minimum absolute atomic E-state index is 0.186. The second-order valence-electron chi connectivity index (χ2n) is 4.60. The molecule has 5 N–H and O–H groups in total. The molecular weight excluding hydrogens is 244 g/mol. The highest BCUT2D eigenvalue weighted by Gasteiger charge is 2.04. The monoisotopic (exact) mass is 266 g/mol. The zero-order chi connectivity index (χ0) is 14.1. The third kappa shape index (κ3) is 6.44. The Morgan fingerprint density at radius 3 is 2.84 bits per heavy atom. The number of carbonyl (C=O) groups excluding carboxylic acids is 1. The van der Waals surface area contributed by atoms with Crippen LogP contribution in [0, 0.1) is 5.92 Å². The van der Waals surface area contributed by atoms with E-state index in [2.05, 4.69) is 39.7 Å². The van der Waals surface area contributed by atoms with Crippen molar-refractivity contribution in [2.45, 2.75) is 20.3 Å². The normalized spacial score (nSPS) is 11.6. The van der Waals surface area contributed by atoms with Crippen LogP contribution in [0.1, 0.15) is 30.8 Å². The fraction of sp³-hybridized carbons (Fsp3) is 0.583. The van der Waals surface area contributed by atoms with Gasteiger partial charge < -0.3 is 16.4 Å². The highest BCUT2D eigenvalue weighted by atomic mass is 16.1. The molecule has 1 aromatic heterocycles. The van der Waals surface area contributed by atoms with E-state index >= 15 is 0 Å². The SMILES string of the molecule is CC(C)CCN=C(N)NCCNC(=O)c1ccn[nH]1. The third-order valence-electron chi connectivity index (χ3n) is 2.45. The summed E-state index contributed by atoms with van der Waals surface area (Å²) in [6.45, 7) is 6.01. The molecule has 0 atom stereocenters. The van der Waals surface area contributed by atoms with E-state index in [0.717, 1.165) is 13.0 Å². The van der Waals surface area contributed by atoms with Crippen molar-refractivity contribution in [3.8, 4) is 0 Å². The lowest BCUT2D eigenvalue weighted by Gasteiger charge is -2.07. The van der Waals surface area contributed by atoms with Crippen LogP contribution in [0.25, 0.3) is 0 Å². The molecule has 0 spiro atoms. The summed E-state index contributed by atoms with van der Waals surface area (Å²) in [5.41, 5.74) is 6.12. The first kappa shape index (κ1) is 15.0. The fourth-order valence-electron chi connectivity index (χ4n) is 1.34. The summed E-state index contributed by atoms with van der Waals surface area (Å²) in [7, 11) is 0. The van der Waals surface area contributed by atoms with E-state index in [9.17, 15) is 4.79 Å². The number of aromatic amines is 1. The number of amides is 1. The lowest BCUT2D eigenvalue weighted by molar-refractivity contribution is 0.0949. The lowest BCUT2D eigenvalue weighted by atomic mass is 10.1. The van der Waals surface area contributed by atoms with Gasteiger partial charge in [0.25, 0.3) is 5.91 Å². The number of nitrogens with two attached hydrogens (primary N) is 1. The van der Waals surface area contributed by atoms with Crippen LogP contribution in [0.5, 0.6) is 0 Å². The van der Waals surface area contributed by atoms with Crippen molar-refractivity contribution < 1.29 is 4.79 Å². The minimum atomic E-state index is -0.186. The molecule has 7 nitrogen and oxygen atoms in total. The summed E-state index contributed by atoms with van der Waals surface area (Å²) in [6.07, 6.45) is 2.55. The third-order valence-corrected chi connectivity index (χ3v) is 2.45. The van der Waals surface area contributed by atoms with Crippen molar-refractivity contribution in [1.29, 1.82) is 0 Å². The average Bonchev–Trinajstić information content (AvgIpc) is 2.87. The quantitative estimate of drug-likeness (QED) is 0.318. The predicted molar refractivity (Wildman–Crippen MR) is 74.9 cm³/mol. The number of rotatable bonds is 7. The van der Waals surface area contributed by atoms with Gasteiger partial charge in [0.15, 0.2) is 5.96 Å². The maximum absolute atomic E-state index is 11.5. The summed E-state index contributed by atoms with van der Waals surface area (Å²) in [4.78, 5) is 15.7. The molecule has 1 amide bonds. The Kier molecular flexibility index (Phi) is 6.42. The molecule has 106 valence electrons. The Morgan fingerprint density at radius 2 is 2.21 bits per heavy atom. The van der Waals surface area contributed by atoms with Crippen LogP contribution in [0.4, 0.5) is 0 Å². The van der Waals surface area contributed by atoms with Crippen LogP contribution in [0.15, 0.2) is 17.3 Å². The zero-order valence-corrected chi connectivity index (χ0v) is 11.4. The van der Waals surface area contributed by atoms with Gasteiger partial charge in [-0.1, -0.05) is 13.8 Å². The molecule has 1 aromatic rings. The highest BCUT2D eigenvalue weighted by Crippen LogP contribution is 1.97. The Bertz CT molecular complexity index is 398. The molecule has 0 unspecified atom stereocenters. The number of aromatic nitrogens is 2. The molecular formula is C12H22N6O. The molecule has 0 saturated carbocycles. The van der Waals surface area contributed by atoms with Crippen molar-refractivity contribution in [3.63, 3.8) is 0 Å². The largest absolute Gasteiger partial charge is 0.370 e. The molecule has 1 rings (SSSR count). The number of nitrogens with zero attached hydrogens (tertiary/aromatic N) is 2. The second-order valence-corrected chi connectivity index (χ2v) is 4.60. The maximum Gasteiger partial charge on any atom is 0.269 e. The van der Waals surface area contributed by atoms with Crippen molar-refractivity contribution in [2.75, 3.05) is 19.6 Å². The van der Waals surface area contributed by atoms with Gasteiger partial charge in [0.2, 0.25) is 0 Å². The molecule has 0 saturated heterocycles. The lowest BCUT2D eigenvalue weighted by Crippen LogP contribution is -2.38. The van der Waals surface area contributed by atoms with Crippen LogP contribution in [0.2, 0.25) is 0 Å². The molecule has 0 bridgehead atoms. The van der Waals surface area contributed by atoms with Gasteiger partial charge in [-0.2, -0.15) is 5.10 Å². The van der Waals surface area contributed by atoms with Crippen molar-refractivity contribution in [3.05, 3.63) is 18.0 Å². The second kappa shape index (κ2) is 8.12. The standard InChI is InChI=1S/C12H22N6O/c1-9(2)3-5-15-12(13)16-8-7-14-11(19)10-4-6-17-18-10/h4,6,9H,3,5,7-8H2,1-2H3,(H,14,19)(H,17,18)(H3,13,15,16). The predicted octanol–water partition coefficient (Wildman–Crippen LogP) is 0.0899.